The number of nitrogens with one attached hydrogen (secondary N) is 2. The first-order chi connectivity index (χ1) is 13.6. The summed E-state index contributed by atoms with van der Waals surface area (Å²) in [5, 5.41) is 5.61. The van der Waals surface area contributed by atoms with Crippen LogP contribution in [0.3, 0.4) is 0 Å². The van der Waals surface area contributed by atoms with Gasteiger partial charge in [-0.15, -0.1) is 0 Å². The highest BCUT2D eigenvalue weighted by atomic mass is 16.5. The molecule has 28 heavy (non-hydrogen) atoms. The Kier molecular flexibility index (Phi) is 5.91. The first kappa shape index (κ1) is 19.0. The van der Waals surface area contributed by atoms with Crippen LogP contribution in [0.25, 0.3) is 0 Å². The van der Waals surface area contributed by atoms with Gasteiger partial charge in [0.2, 0.25) is 0 Å². The number of benzene rings is 3. The van der Waals surface area contributed by atoms with E-state index in [9.17, 15) is 9.59 Å². The van der Waals surface area contributed by atoms with Gasteiger partial charge in [0.25, 0.3) is 11.8 Å². The van der Waals surface area contributed by atoms with Crippen molar-refractivity contribution in [2.45, 2.75) is 0 Å². The molecule has 0 aliphatic rings. The highest BCUT2D eigenvalue weighted by Gasteiger charge is 2.10. The van der Waals surface area contributed by atoms with Gasteiger partial charge in [0.05, 0.1) is 14.2 Å². The van der Waals surface area contributed by atoms with E-state index in [1.165, 1.54) is 0 Å². The van der Waals surface area contributed by atoms with Crippen molar-refractivity contribution in [3.8, 4) is 11.5 Å². The molecule has 6 heteroatoms. The zero-order chi connectivity index (χ0) is 19.9. The zero-order valence-corrected chi connectivity index (χ0v) is 15.6. The van der Waals surface area contributed by atoms with E-state index < -0.39 is 0 Å². The Labute approximate surface area is 163 Å². The monoisotopic (exact) mass is 376 g/mol. The summed E-state index contributed by atoms with van der Waals surface area (Å²) in [6, 6.07) is 20.6. The normalized spacial score (nSPS) is 10.1. The number of anilines is 2. The summed E-state index contributed by atoms with van der Waals surface area (Å²) in [4.78, 5) is 24.9. The summed E-state index contributed by atoms with van der Waals surface area (Å²) in [5.74, 6) is 0.745. The van der Waals surface area contributed by atoms with Gasteiger partial charge in [0.1, 0.15) is 11.5 Å². The van der Waals surface area contributed by atoms with E-state index in [1.807, 2.05) is 0 Å². The summed E-state index contributed by atoms with van der Waals surface area (Å²) in [6.07, 6.45) is 0. The Hall–Kier alpha value is -3.80. The summed E-state index contributed by atoms with van der Waals surface area (Å²) < 4.78 is 10.2. The number of hydrogen-bond acceptors (Lipinski definition) is 4. The second-order valence-corrected chi connectivity index (χ2v) is 5.95. The third-order valence-electron chi connectivity index (χ3n) is 4.06. The van der Waals surface area contributed by atoms with Gasteiger partial charge in [0, 0.05) is 22.5 Å². The van der Waals surface area contributed by atoms with Crippen LogP contribution < -0.4 is 20.1 Å². The number of carbonyl (C=O) groups excluding carboxylic acids is 2. The molecule has 3 aromatic carbocycles. The van der Waals surface area contributed by atoms with E-state index in [1.54, 1.807) is 87.0 Å². The van der Waals surface area contributed by atoms with Crippen LogP contribution in [0.2, 0.25) is 0 Å². The lowest BCUT2D eigenvalue weighted by atomic mass is 10.1. The lowest BCUT2D eigenvalue weighted by Crippen LogP contribution is -2.14. The minimum atomic E-state index is -0.286. The highest BCUT2D eigenvalue weighted by Crippen LogP contribution is 2.18. The van der Waals surface area contributed by atoms with Gasteiger partial charge in [-0.05, 0) is 60.7 Å². The third kappa shape index (κ3) is 4.67. The van der Waals surface area contributed by atoms with Crippen LogP contribution in [0, 0.1) is 0 Å². The minimum Gasteiger partial charge on any atom is -0.497 e. The number of hydrogen-bond donors (Lipinski definition) is 2. The van der Waals surface area contributed by atoms with Crippen LogP contribution in [0.4, 0.5) is 11.4 Å². The molecule has 0 aromatic heterocycles. The first-order valence-corrected chi connectivity index (χ1v) is 8.60. The van der Waals surface area contributed by atoms with Gasteiger partial charge in [0.15, 0.2) is 0 Å². The van der Waals surface area contributed by atoms with Crippen LogP contribution in [0.15, 0.2) is 72.8 Å². The Morgan fingerprint density at radius 2 is 1.21 bits per heavy atom. The summed E-state index contributed by atoms with van der Waals surface area (Å²) >= 11 is 0. The van der Waals surface area contributed by atoms with E-state index in [4.69, 9.17) is 9.47 Å². The summed E-state index contributed by atoms with van der Waals surface area (Å²) in [7, 11) is 3.13. The third-order valence-corrected chi connectivity index (χ3v) is 4.06. The Morgan fingerprint density at radius 1 is 0.643 bits per heavy atom. The molecule has 0 aliphatic heterocycles. The maximum Gasteiger partial charge on any atom is 0.255 e. The molecule has 0 aliphatic carbocycles. The van der Waals surface area contributed by atoms with E-state index in [-0.39, 0.29) is 11.8 Å². The average molecular weight is 376 g/mol. The largest absolute Gasteiger partial charge is 0.497 e. The van der Waals surface area contributed by atoms with Crippen molar-refractivity contribution in [1.82, 2.24) is 0 Å². The van der Waals surface area contributed by atoms with Crippen molar-refractivity contribution in [2.24, 2.45) is 0 Å². The van der Waals surface area contributed by atoms with Crippen molar-refractivity contribution < 1.29 is 19.1 Å². The second-order valence-electron chi connectivity index (χ2n) is 5.95. The van der Waals surface area contributed by atoms with Gasteiger partial charge < -0.3 is 20.1 Å². The number of carbonyl (C=O) groups is 2. The van der Waals surface area contributed by atoms with Gasteiger partial charge in [-0.1, -0.05) is 12.1 Å². The predicted molar refractivity (Wildman–Crippen MR) is 108 cm³/mol. The molecule has 0 fully saturated rings. The quantitative estimate of drug-likeness (QED) is 0.676. The van der Waals surface area contributed by atoms with Crippen LogP contribution in [0.1, 0.15) is 20.7 Å². The lowest BCUT2D eigenvalue weighted by molar-refractivity contribution is 0.101. The van der Waals surface area contributed by atoms with Crippen molar-refractivity contribution in [3.63, 3.8) is 0 Å². The molecule has 0 saturated heterocycles. The molecule has 0 radical (unpaired) electrons. The molecule has 2 N–H and O–H groups in total. The predicted octanol–water partition coefficient (Wildman–Crippen LogP) is 4.21. The number of methoxy groups -OCH3 is 2. The van der Waals surface area contributed by atoms with E-state index in [0.717, 1.165) is 0 Å². The fourth-order valence-electron chi connectivity index (χ4n) is 2.58. The number of ether oxygens (including phenoxy) is 2. The van der Waals surface area contributed by atoms with Crippen LogP contribution in [0.5, 0.6) is 11.5 Å². The molecule has 6 nitrogen and oxygen atoms in total. The zero-order valence-electron chi connectivity index (χ0n) is 15.6. The topological polar surface area (TPSA) is 76.7 Å². The molecule has 0 heterocycles. The Morgan fingerprint density at radius 3 is 1.86 bits per heavy atom. The van der Waals surface area contributed by atoms with Crippen LogP contribution in [-0.2, 0) is 0 Å². The molecule has 142 valence electrons. The van der Waals surface area contributed by atoms with Crippen LogP contribution >= 0.6 is 0 Å². The number of amides is 2. The van der Waals surface area contributed by atoms with E-state index >= 15 is 0 Å². The SMILES string of the molecule is COc1ccc(NC(=O)c2cccc(NC(=O)c3cccc(OC)c3)c2)cc1. The lowest BCUT2D eigenvalue weighted by Gasteiger charge is -2.09. The summed E-state index contributed by atoms with van der Waals surface area (Å²) in [6.45, 7) is 0. The standard InChI is InChI=1S/C22H20N2O4/c1-27-19-11-9-17(10-12-19)23-21(25)15-5-3-7-18(13-15)24-22(26)16-6-4-8-20(14-16)28-2/h3-14H,1-2H3,(H,23,25)(H,24,26). The molecule has 3 rings (SSSR count). The second kappa shape index (κ2) is 8.73. The average Bonchev–Trinajstić information content (AvgIpc) is 2.74. The smallest absolute Gasteiger partial charge is 0.255 e. The highest BCUT2D eigenvalue weighted by molar-refractivity contribution is 6.07. The van der Waals surface area contributed by atoms with Gasteiger partial charge >= 0.3 is 0 Å². The molecule has 0 unspecified atom stereocenters. The molecule has 2 amide bonds. The Bertz CT molecular complexity index is 984. The summed E-state index contributed by atoms with van der Waals surface area (Å²) in [5.41, 5.74) is 2.07. The molecule has 0 spiro atoms. The van der Waals surface area contributed by atoms with Gasteiger partial charge in [-0.25, -0.2) is 0 Å². The Balaban J connectivity index is 1.70. The molecular formula is C22H20N2O4. The van der Waals surface area contributed by atoms with E-state index in [2.05, 4.69) is 10.6 Å². The molecule has 0 bridgehead atoms. The van der Waals surface area contributed by atoms with Gasteiger partial charge in [-0.3, -0.25) is 9.59 Å². The van der Waals surface area contributed by atoms with Crippen molar-refractivity contribution >= 4 is 23.2 Å². The van der Waals surface area contributed by atoms with Crippen LogP contribution in [-0.4, -0.2) is 26.0 Å². The van der Waals surface area contributed by atoms with Crippen molar-refractivity contribution in [2.75, 3.05) is 24.9 Å². The van der Waals surface area contributed by atoms with Crippen molar-refractivity contribution in [3.05, 3.63) is 83.9 Å². The molecule has 0 saturated carbocycles. The maximum atomic E-state index is 12.5. The first-order valence-electron chi connectivity index (χ1n) is 8.60. The fourth-order valence-corrected chi connectivity index (χ4v) is 2.58. The number of rotatable bonds is 6. The molecular weight excluding hydrogens is 356 g/mol. The fraction of sp³-hybridized carbons (Fsp3) is 0.0909. The molecule has 0 atom stereocenters. The minimum absolute atomic E-state index is 0.275. The van der Waals surface area contributed by atoms with Crippen molar-refractivity contribution in [1.29, 1.82) is 0 Å². The van der Waals surface area contributed by atoms with E-state index in [0.29, 0.717) is 34.0 Å². The van der Waals surface area contributed by atoms with Gasteiger partial charge in [-0.2, -0.15) is 0 Å². The molecule has 3 aromatic rings. The maximum absolute atomic E-state index is 12.5.